The Hall–Kier alpha value is -1.34. The predicted molar refractivity (Wildman–Crippen MR) is 72.1 cm³/mol. The molecule has 2 heterocycles. The fourth-order valence-corrected chi connectivity index (χ4v) is 4.24. The number of nitrogens with zero attached hydrogens (tertiary/aromatic N) is 1. The Labute approximate surface area is 118 Å². The third-order valence-corrected chi connectivity index (χ3v) is 5.38. The van der Waals surface area contributed by atoms with E-state index in [1.165, 1.54) is 16.4 Å². The first-order valence-corrected chi connectivity index (χ1v) is 8.25. The van der Waals surface area contributed by atoms with Crippen LogP contribution in [0.1, 0.15) is 49.6 Å². The maximum Gasteiger partial charge on any atom is 0.371 e. The van der Waals surface area contributed by atoms with E-state index in [1.807, 2.05) is 6.92 Å². The Kier molecular flexibility index (Phi) is 4.49. The summed E-state index contributed by atoms with van der Waals surface area (Å²) in [5, 5.41) is 8.53. The number of aromatic carboxylic acids is 1. The van der Waals surface area contributed by atoms with Gasteiger partial charge in [-0.1, -0.05) is 19.8 Å². The van der Waals surface area contributed by atoms with Gasteiger partial charge in [-0.2, -0.15) is 4.31 Å². The van der Waals surface area contributed by atoms with Gasteiger partial charge in [0.2, 0.25) is 10.9 Å². The van der Waals surface area contributed by atoms with Gasteiger partial charge in [0.15, 0.2) is 0 Å². The van der Waals surface area contributed by atoms with Crippen molar-refractivity contribution in [2.24, 2.45) is 0 Å². The molecule has 20 heavy (non-hydrogen) atoms. The summed E-state index contributed by atoms with van der Waals surface area (Å²) >= 11 is 0. The summed E-state index contributed by atoms with van der Waals surface area (Å²) in [7, 11) is -3.74. The minimum atomic E-state index is -3.74. The highest BCUT2D eigenvalue weighted by Gasteiger charge is 2.35. The molecule has 112 valence electrons. The van der Waals surface area contributed by atoms with E-state index in [-0.39, 0.29) is 16.9 Å². The molecule has 0 radical (unpaired) electrons. The summed E-state index contributed by atoms with van der Waals surface area (Å²) < 4.78 is 31.5. The van der Waals surface area contributed by atoms with Crippen molar-refractivity contribution in [3.8, 4) is 0 Å². The van der Waals surface area contributed by atoms with Crippen molar-refractivity contribution in [1.82, 2.24) is 4.31 Å². The lowest BCUT2D eigenvalue weighted by atomic mass is 10.0. The molecule has 0 amide bonds. The highest BCUT2D eigenvalue weighted by Crippen LogP contribution is 2.28. The molecule has 0 aliphatic carbocycles. The van der Waals surface area contributed by atoms with Crippen molar-refractivity contribution in [3.63, 3.8) is 0 Å². The topological polar surface area (TPSA) is 87.8 Å². The quantitative estimate of drug-likeness (QED) is 0.901. The van der Waals surface area contributed by atoms with Gasteiger partial charge in [-0.25, -0.2) is 13.2 Å². The fourth-order valence-electron chi connectivity index (χ4n) is 2.60. The van der Waals surface area contributed by atoms with E-state index in [1.54, 1.807) is 0 Å². The van der Waals surface area contributed by atoms with Crippen LogP contribution in [0.25, 0.3) is 0 Å². The van der Waals surface area contributed by atoms with E-state index >= 15 is 0 Å². The van der Waals surface area contributed by atoms with E-state index in [0.717, 1.165) is 32.1 Å². The lowest BCUT2D eigenvalue weighted by Crippen LogP contribution is -2.43. The zero-order chi connectivity index (χ0) is 14.8. The van der Waals surface area contributed by atoms with Crippen LogP contribution in [0.4, 0.5) is 0 Å². The Morgan fingerprint density at radius 1 is 1.45 bits per heavy atom. The molecule has 1 fully saturated rings. The Morgan fingerprint density at radius 3 is 2.80 bits per heavy atom. The Morgan fingerprint density at radius 2 is 2.20 bits per heavy atom. The molecule has 1 atom stereocenters. The van der Waals surface area contributed by atoms with E-state index in [9.17, 15) is 13.2 Å². The molecule has 1 aromatic heterocycles. The number of hydrogen-bond donors (Lipinski definition) is 1. The van der Waals surface area contributed by atoms with Gasteiger partial charge in [-0.15, -0.1) is 0 Å². The van der Waals surface area contributed by atoms with Crippen molar-refractivity contribution in [2.75, 3.05) is 6.54 Å². The van der Waals surface area contributed by atoms with Crippen LogP contribution in [0.15, 0.2) is 21.6 Å². The molecule has 0 saturated carbocycles. The first-order chi connectivity index (χ1) is 9.46. The number of hydrogen-bond acceptors (Lipinski definition) is 4. The van der Waals surface area contributed by atoms with Gasteiger partial charge in [0, 0.05) is 12.6 Å². The highest BCUT2D eigenvalue weighted by atomic mass is 32.2. The minimum absolute atomic E-state index is 0.0165. The van der Waals surface area contributed by atoms with Gasteiger partial charge < -0.3 is 9.52 Å². The first-order valence-electron chi connectivity index (χ1n) is 6.81. The van der Waals surface area contributed by atoms with Crippen molar-refractivity contribution < 1.29 is 22.7 Å². The Bertz CT molecular complexity index is 575. The summed E-state index contributed by atoms with van der Waals surface area (Å²) in [6.07, 6.45) is 4.42. The van der Waals surface area contributed by atoms with Gasteiger partial charge in [0.25, 0.3) is 10.0 Å². The van der Waals surface area contributed by atoms with Crippen LogP contribution in [0, 0.1) is 0 Å². The van der Waals surface area contributed by atoms with Crippen molar-refractivity contribution in [3.05, 3.63) is 17.9 Å². The first kappa shape index (κ1) is 15.1. The van der Waals surface area contributed by atoms with Crippen molar-refractivity contribution >= 4 is 16.0 Å². The van der Waals surface area contributed by atoms with Crippen LogP contribution in [0.2, 0.25) is 0 Å². The molecule has 2 rings (SSSR count). The third-order valence-electron chi connectivity index (χ3n) is 3.55. The van der Waals surface area contributed by atoms with Crippen LogP contribution in [0.3, 0.4) is 0 Å². The maximum absolute atomic E-state index is 12.5. The van der Waals surface area contributed by atoms with Crippen molar-refractivity contribution in [2.45, 2.75) is 50.2 Å². The maximum atomic E-state index is 12.5. The zero-order valence-corrected chi connectivity index (χ0v) is 12.2. The van der Waals surface area contributed by atoms with Crippen LogP contribution < -0.4 is 0 Å². The number of carbonyl (C=O) groups is 1. The monoisotopic (exact) mass is 301 g/mol. The summed E-state index contributed by atoms with van der Waals surface area (Å²) in [6, 6.07) is 2.38. The van der Waals surface area contributed by atoms with Crippen LogP contribution in [-0.4, -0.2) is 36.4 Å². The lowest BCUT2D eigenvalue weighted by molar-refractivity contribution is 0.0656. The molecule has 1 saturated heterocycles. The SMILES string of the molecule is CCCC1CCCCN1S(=O)(=O)c1ccc(C(=O)O)o1. The molecule has 0 spiro atoms. The van der Waals surface area contributed by atoms with E-state index in [0.29, 0.717) is 6.54 Å². The number of sulfonamides is 1. The Balaban J connectivity index is 2.29. The molecule has 1 aliphatic heterocycles. The fraction of sp³-hybridized carbons (Fsp3) is 0.615. The van der Waals surface area contributed by atoms with Crippen LogP contribution in [-0.2, 0) is 10.0 Å². The van der Waals surface area contributed by atoms with Gasteiger partial charge in [0.1, 0.15) is 0 Å². The molecule has 1 aliphatic rings. The number of piperidine rings is 1. The standard InChI is InChI=1S/C13H19NO5S/c1-2-5-10-6-3-4-9-14(10)20(17,18)12-8-7-11(19-12)13(15)16/h7-8,10H,2-6,9H2,1H3,(H,15,16). The molecule has 1 aromatic rings. The smallest absolute Gasteiger partial charge is 0.371 e. The largest absolute Gasteiger partial charge is 0.475 e. The number of carboxylic acids is 1. The molecule has 7 heteroatoms. The molecular weight excluding hydrogens is 282 g/mol. The number of furan rings is 1. The average Bonchev–Trinajstić information content (AvgIpc) is 2.90. The lowest BCUT2D eigenvalue weighted by Gasteiger charge is -2.33. The highest BCUT2D eigenvalue weighted by molar-refractivity contribution is 7.89. The molecular formula is C13H19NO5S. The van der Waals surface area contributed by atoms with Crippen molar-refractivity contribution in [1.29, 1.82) is 0 Å². The second-order valence-corrected chi connectivity index (χ2v) is 6.80. The number of rotatable bonds is 5. The van der Waals surface area contributed by atoms with Crippen LogP contribution >= 0.6 is 0 Å². The van der Waals surface area contributed by atoms with E-state index in [2.05, 4.69) is 0 Å². The minimum Gasteiger partial charge on any atom is -0.475 e. The summed E-state index contributed by atoms with van der Waals surface area (Å²) in [4.78, 5) is 10.8. The average molecular weight is 301 g/mol. The number of carboxylic acid groups (broad SMARTS) is 1. The summed E-state index contributed by atoms with van der Waals surface area (Å²) in [6.45, 7) is 2.49. The molecule has 1 unspecified atom stereocenters. The summed E-state index contributed by atoms with van der Waals surface area (Å²) in [5.74, 6) is -1.62. The van der Waals surface area contributed by atoms with Gasteiger partial charge in [-0.3, -0.25) is 0 Å². The third kappa shape index (κ3) is 2.88. The zero-order valence-electron chi connectivity index (χ0n) is 11.4. The molecule has 1 N–H and O–H groups in total. The molecule has 6 nitrogen and oxygen atoms in total. The van der Waals surface area contributed by atoms with Gasteiger partial charge in [-0.05, 0) is 31.4 Å². The van der Waals surface area contributed by atoms with E-state index < -0.39 is 16.0 Å². The van der Waals surface area contributed by atoms with Crippen LogP contribution in [0.5, 0.6) is 0 Å². The molecule has 0 aromatic carbocycles. The van der Waals surface area contributed by atoms with Gasteiger partial charge in [0.05, 0.1) is 0 Å². The normalized spacial score (nSPS) is 20.9. The summed E-state index contributed by atoms with van der Waals surface area (Å²) in [5.41, 5.74) is 0. The van der Waals surface area contributed by atoms with E-state index in [4.69, 9.17) is 9.52 Å². The predicted octanol–water partition coefficient (Wildman–Crippen LogP) is 2.32. The molecule has 0 bridgehead atoms. The van der Waals surface area contributed by atoms with Gasteiger partial charge >= 0.3 is 5.97 Å². The second kappa shape index (κ2) is 5.97. The second-order valence-electron chi connectivity index (χ2n) is 4.98.